The van der Waals surface area contributed by atoms with E-state index in [0.29, 0.717) is 17.9 Å². The normalized spacial score (nSPS) is 25.8. The van der Waals surface area contributed by atoms with Crippen LogP contribution in [0.3, 0.4) is 0 Å². The number of hydrogen-bond acceptors (Lipinski definition) is 2. The van der Waals surface area contributed by atoms with E-state index >= 15 is 0 Å². The maximum absolute atomic E-state index is 8.36. The van der Waals surface area contributed by atoms with Gasteiger partial charge in [0.15, 0.2) is 0 Å². The second-order valence-corrected chi connectivity index (χ2v) is 4.82. The highest BCUT2D eigenvalue weighted by Crippen LogP contribution is 2.36. The maximum Gasteiger partial charge on any atom is 0.0622 e. The molecule has 13 heavy (non-hydrogen) atoms. The molecule has 2 heteroatoms. The van der Waals surface area contributed by atoms with Crippen molar-refractivity contribution < 1.29 is 0 Å². The zero-order valence-electron chi connectivity index (χ0n) is 8.77. The van der Waals surface area contributed by atoms with Crippen LogP contribution < -0.4 is 5.32 Å². The summed E-state index contributed by atoms with van der Waals surface area (Å²) in [6.45, 7) is 5.68. The molecule has 1 rings (SSSR count). The fourth-order valence-electron chi connectivity index (χ4n) is 2.08. The summed E-state index contributed by atoms with van der Waals surface area (Å²) in [5.74, 6) is 0. The second kappa shape index (κ2) is 4.62. The van der Waals surface area contributed by atoms with E-state index in [9.17, 15) is 0 Å². The van der Waals surface area contributed by atoms with Crippen molar-refractivity contribution in [2.75, 3.05) is 6.54 Å². The fraction of sp³-hybridized carbons (Fsp3) is 0.909. The molecule has 2 nitrogen and oxygen atoms in total. The highest BCUT2D eigenvalue weighted by atomic mass is 14.9. The van der Waals surface area contributed by atoms with Gasteiger partial charge in [0.05, 0.1) is 6.07 Å². The standard InChI is InChI=1S/C11H20N2/c1-11(2)6-5-10(9-11)13-8-4-3-7-12/h10,13H,3-6,8-9H2,1-2H3. The van der Waals surface area contributed by atoms with Crippen LogP contribution in [0.1, 0.15) is 46.0 Å². The van der Waals surface area contributed by atoms with Gasteiger partial charge in [0.25, 0.3) is 0 Å². The molecule has 0 aromatic heterocycles. The fourth-order valence-corrected chi connectivity index (χ4v) is 2.08. The van der Waals surface area contributed by atoms with Crippen molar-refractivity contribution in [2.24, 2.45) is 5.41 Å². The minimum absolute atomic E-state index is 0.535. The van der Waals surface area contributed by atoms with Gasteiger partial charge in [-0.05, 0) is 37.6 Å². The van der Waals surface area contributed by atoms with Gasteiger partial charge < -0.3 is 5.32 Å². The molecule has 0 spiro atoms. The van der Waals surface area contributed by atoms with Crippen molar-refractivity contribution in [3.8, 4) is 6.07 Å². The SMILES string of the molecule is CC1(C)CCC(NCCCC#N)C1. The predicted molar refractivity (Wildman–Crippen MR) is 54.3 cm³/mol. The first-order chi connectivity index (χ1) is 6.14. The Morgan fingerprint density at radius 3 is 2.85 bits per heavy atom. The van der Waals surface area contributed by atoms with E-state index in [1.807, 2.05) is 0 Å². The lowest BCUT2D eigenvalue weighted by molar-refractivity contribution is 0.364. The zero-order valence-corrected chi connectivity index (χ0v) is 8.77. The van der Waals surface area contributed by atoms with E-state index in [1.165, 1.54) is 19.3 Å². The Labute approximate surface area is 81.3 Å². The van der Waals surface area contributed by atoms with Crippen LogP contribution in [0.4, 0.5) is 0 Å². The number of rotatable bonds is 4. The van der Waals surface area contributed by atoms with Crippen LogP contribution in [-0.4, -0.2) is 12.6 Å². The molecule has 1 atom stereocenters. The molecule has 1 saturated carbocycles. The molecule has 0 aromatic rings. The molecule has 0 aliphatic heterocycles. The highest BCUT2D eigenvalue weighted by molar-refractivity contribution is 4.86. The summed E-state index contributed by atoms with van der Waals surface area (Å²) in [7, 11) is 0. The molecule has 1 aliphatic rings. The molecule has 1 unspecified atom stereocenters. The molecule has 0 saturated heterocycles. The molecule has 0 bridgehead atoms. The number of hydrogen-bond donors (Lipinski definition) is 1. The first kappa shape index (κ1) is 10.5. The summed E-state index contributed by atoms with van der Waals surface area (Å²) < 4.78 is 0. The molecule has 0 heterocycles. The Balaban J connectivity index is 2.08. The van der Waals surface area contributed by atoms with Gasteiger partial charge in [-0.2, -0.15) is 5.26 Å². The van der Waals surface area contributed by atoms with Gasteiger partial charge in [0.1, 0.15) is 0 Å². The lowest BCUT2D eigenvalue weighted by Gasteiger charge is -2.17. The summed E-state index contributed by atoms with van der Waals surface area (Å²) >= 11 is 0. The van der Waals surface area contributed by atoms with Crippen molar-refractivity contribution in [2.45, 2.75) is 52.0 Å². The van der Waals surface area contributed by atoms with Crippen LogP contribution in [0.2, 0.25) is 0 Å². The minimum atomic E-state index is 0.535. The first-order valence-electron chi connectivity index (χ1n) is 5.24. The van der Waals surface area contributed by atoms with E-state index in [-0.39, 0.29) is 0 Å². The van der Waals surface area contributed by atoms with Crippen molar-refractivity contribution in [1.82, 2.24) is 5.32 Å². The molecule has 0 aromatic carbocycles. The lowest BCUT2D eigenvalue weighted by Crippen LogP contribution is -2.28. The van der Waals surface area contributed by atoms with Crippen LogP contribution in [0.5, 0.6) is 0 Å². The third-order valence-corrected chi connectivity index (χ3v) is 2.87. The smallest absolute Gasteiger partial charge is 0.0622 e. The molecule has 0 amide bonds. The Morgan fingerprint density at radius 1 is 1.54 bits per heavy atom. The van der Waals surface area contributed by atoms with Crippen LogP contribution in [0.15, 0.2) is 0 Å². The summed E-state index contributed by atoms with van der Waals surface area (Å²) in [6.07, 6.45) is 5.61. The topological polar surface area (TPSA) is 35.8 Å². The van der Waals surface area contributed by atoms with Gasteiger partial charge in [0.2, 0.25) is 0 Å². The highest BCUT2D eigenvalue weighted by Gasteiger charge is 2.30. The van der Waals surface area contributed by atoms with Gasteiger partial charge in [-0.25, -0.2) is 0 Å². The van der Waals surface area contributed by atoms with Crippen LogP contribution in [0, 0.1) is 16.7 Å². The van der Waals surface area contributed by atoms with E-state index in [4.69, 9.17) is 5.26 Å². The van der Waals surface area contributed by atoms with Crippen LogP contribution in [0.25, 0.3) is 0 Å². The summed E-state index contributed by atoms with van der Waals surface area (Å²) in [4.78, 5) is 0. The summed E-state index contributed by atoms with van der Waals surface area (Å²) in [5.41, 5.74) is 0.535. The lowest BCUT2D eigenvalue weighted by atomic mass is 9.92. The monoisotopic (exact) mass is 180 g/mol. The first-order valence-corrected chi connectivity index (χ1v) is 5.24. The number of nitrogens with one attached hydrogen (secondary N) is 1. The van der Waals surface area contributed by atoms with Crippen LogP contribution in [-0.2, 0) is 0 Å². The molecule has 1 aliphatic carbocycles. The molecular weight excluding hydrogens is 160 g/mol. The molecule has 1 N–H and O–H groups in total. The Hall–Kier alpha value is -0.550. The van der Waals surface area contributed by atoms with E-state index < -0.39 is 0 Å². The third kappa shape index (κ3) is 3.78. The van der Waals surface area contributed by atoms with Crippen molar-refractivity contribution in [3.05, 3.63) is 0 Å². The predicted octanol–water partition coefficient (Wildman–Crippen LogP) is 2.46. The molecule has 74 valence electrons. The van der Waals surface area contributed by atoms with Crippen molar-refractivity contribution >= 4 is 0 Å². The van der Waals surface area contributed by atoms with Crippen molar-refractivity contribution in [3.63, 3.8) is 0 Å². The maximum atomic E-state index is 8.36. The summed E-state index contributed by atoms with van der Waals surface area (Å²) in [5, 5.41) is 11.9. The Bertz CT molecular complexity index is 191. The van der Waals surface area contributed by atoms with E-state index in [0.717, 1.165) is 13.0 Å². The van der Waals surface area contributed by atoms with Gasteiger partial charge in [-0.15, -0.1) is 0 Å². The van der Waals surface area contributed by atoms with Gasteiger partial charge in [-0.1, -0.05) is 13.8 Å². The quantitative estimate of drug-likeness (QED) is 0.675. The summed E-state index contributed by atoms with van der Waals surface area (Å²) in [6, 6.07) is 2.87. The largest absolute Gasteiger partial charge is 0.314 e. The Morgan fingerprint density at radius 2 is 2.31 bits per heavy atom. The van der Waals surface area contributed by atoms with E-state index in [2.05, 4.69) is 25.2 Å². The zero-order chi connectivity index (χ0) is 9.73. The van der Waals surface area contributed by atoms with Gasteiger partial charge in [0, 0.05) is 12.5 Å². The van der Waals surface area contributed by atoms with Gasteiger partial charge in [-0.3, -0.25) is 0 Å². The van der Waals surface area contributed by atoms with Crippen molar-refractivity contribution in [1.29, 1.82) is 5.26 Å². The molecular formula is C11H20N2. The third-order valence-electron chi connectivity index (χ3n) is 2.87. The Kier molecular flexibility index (Phi) is 3.74. The van der Waals surface area contributed by atoms with Crippen LogP contribution >= 0.6 is 0 Å². The average molecular weight is 180 g/mol. The van der Waals surface area contributed by atoms with Gasteiger partial charge >= 0.3 is 0 Å². The number of unbranched alkanes of at least 4 members (excludes halogenated alkanes) is 1. The van der Waals surface area contributed by atoms with E-state index in [1.54, 1.807) is 0 Å². The number of nitrogens with zero attached hydrogens (tertiary/aromatic N) is 1. The average Bonchev–Trinajstić information content (AvgIpc) is 2.40. The second-order valence-electron chi connectivity index (χ2n) is 4.82. The minimum Gasteiger partial charge on any atom is -0.314 e. The molecule has 1 fully saturated rings. The molecule has 0 radical (unpaired) electrons. The number of nitriles is 1.